The lowest BCUT2D eigenvalue weighted by Crippen LogP contribution is -2.17. The largest absolute Gasteiger partial charge is 0.0743 e. The molecule has 0 heterocycles. The molecule has 18 heavy (non-hydrogen) atoms. The van der Waals surface area contributed by atoms with Gasteiger partial charge >= 0.3 is 0 Å². The van der Waals surface area contributed by atoms with Gasteiger partial charge in [-0.2, -0.15) is 0 Å². The van der Waals surface area contributed by atoms with Crippen LogP contribution < -0.4 is 0 Å². The highest BCUT2D eigenvalue weighted by molar-refractivity contribution is 14.1. The molecule has 0 amide bonds. The maximum atomic E-state index is 2.50. The van der Waals surface area contributed by atoms with Crippen LogP contribution in [-0.2, 0) is 8.84 Å². The number of halogens is 1. The van der Waals surface area contributed by atoms with Crippen molar-refractivity contribution in [2.75, 3.05) is 0 Å². The molecular formula is C17H27I. The molecular weight excluding hydrogens is 331 g/mol. The fraction of sp³-hybridized carbons (Fsp3) is 0.647. The van der Waals surface area contributed by atoms with E-state index in [1.165, 1.54) is 36.8 Å². The molecule has 0 aromatic heterocycles. The van der Waals surface area contributed by atoms with E-state index >= 15 is 0 Å². The molecule has 0 atom stereocenters. The SMILES string of the molecule is CCCCCC(C)(C)c1ccc(C(C)(C)I)cc1. The first-order chi connectivity index (χ1) is 8.27. The summed E-state index contributed by atoms with van der Waals surface area (Å²) in [5.41, 5.74) is 3.20. The lowest BCUT2D eigenvalue weighted by molar-refractivity contribution is 0.450. The van der Waals surface area contributed by atoms with Gasteiger partial charge < -0.3 is 0 Å². The van der Waals surface area contributed by atoms with Gasteiger partial charge in [-0.3, -0.25) is 0 Å². The van der Waals surface area contributed by atoms with Crippen LogP contribution in [0.3, 0.4) is 0 Å². The van der Waals surface area contributed by atoms with Crippen LogP contribution in [0.1, 0.15) is 71.4 Å². The lowest BCUT2D eigenvalue weighted by Gasteiger charge is -2.26. The quantitative estimate of drug-likeness (QED) is 0.322. The predicted octanol–water partition coefficient (Wildman–Crippen LogP) is 6.21. The van der Waals surface area contributed by atoms with E-state index in [1.54, 1.807) is 0 Å². The van der Waals surface area contributed by atoms with E-state index in [0.29, 0.717) is 5.41 Å². The zero-order valence-corrected chi connectivity index (χ0v) is 14.7. The molecule has 0 saturated carbocycles. The van der Waals surface area contributed by atoms with Crippen molar-refractivity contribution in [2.45, 2.75) is 69.1 Å². The molecule has 0 aliphatic carbocycles. The van der Waals surface area contributed by atoms with Gasteiger partial charge in [-0.05, 0) is 36.8 Å². The standard InChI is InChI=1S/C17H27I/c1-6-7-8-13-16(2,3)14-9-11-15(12-10-14)17(4,5)18/h9-12H,6-8,13H2,1-5H3. The second-order valence-corrected chi connectivity index (χ2v) is 9.09. The average Bonchev–Trinajstić information content (AvgIpc) is 2.28. The maximum Gasteiger partial charge on any atom is 0.0414 e. The van der Waals surface area contributed by atoms with Gasteiger partial charge in [-0.1, -0.05) is 86.9 Å². The van der Waals surface area contributed by atoms with Crippen LogP contribution in [0.25, 0.3) is 0 Å². The minimum absolute atomic E-state index is 0.225. The third kappa shape index (κ3) is 4.56. The van der Waals surface area contributed by atoms with Gasteiger partial charge in [0, 0.05) is 3.42 Å². The zero-order chi connectivity index (χ0) is 13.8. The molecule has 1 aromatic carbocycles. The molecule has 0 saturated heterocycles. The molecule has 0 fully saturated rings. The highest BCUT2D eigenvalue weighted by Crippen LogP contribution is 2.34. The van der Waals surface area contributed by atoms with Gasteiger partial charge in [0.05, 0.1) is 0 Å². The van der Waals surface area contributed by atoms with Crippen LogP contribution in [0.15, 0.2) is 24.3 Å². The van der Waals surface area contributed by atoms with E-state index in [0.717, 1.165) is 0 Å². The van der Waals surface area contributed by atoms with Gasteiger partial charge in [0.25, 0.3) is 0 Å². The monoisotopic (exact) mass is 358 g/mol. The van der Waals surface area contributed by atoms with Crippen molar-refractivity contribution < 1.29 is 0 Å². The second-order valence-electron chi connectivity index (χ2n) is 6.39. The summed E-state index contributed by atoms with van der Waals surface area (Å²) in [6.45, 7) is 11.5. The van der Waals surface area contributed by atoms with Gasteiger partial charge in [0.2, 0.25) is 0 Å². The van der Waals surface area contributed by atoms with Crippen LogP contribution >= 0.6 is 22.6 Å². The minimum atomic E-state index is 0.225. The van der Waals surface area contributed by atoms with Gasteiger partial charge in [-0.25, -0.2) is 0 Å². The summed E-state index contributed by atoms with van der Waals surface area (Å²) in [7, 11) is 0. The van der Waals surface area contributed by atoms with Crippen molar-refractivity contribution >= 4 is 22.6 Å². The normalized spacial score (nSPS) is 12.8. The van der Waals surface area contributed by atoms with Gasteiger partial charge in [0.1, 0.15) is 0 Å². The number of unbranched alkanes of at least 4 members (excludes halogenated alkanes) is 2. The fourth-order valence-electron chi connectivity index (χ4n) is 2.28. The lowest BCUT2D eigenvalue weighted by atomic mass is 9.79. The Kier molecular flexibility index (Phi) is 5.69. The molecule has 1 heteroatoms. The highest BCUT2D eigenvalue weighted by Gasteiger charge is 2.21. The van der Waals surface area contributed by atoms with Crippen molar-refractivity contribution in [3.05, 3.63) is 35.4 Å². The maximum absolute atomic E-state index is 2.50. The summed E-state index contributed by atoms with van der Waals surface area (Å²) in [6.07, 6.45) is 5.27. The Morgan fingerprint density at radius 1 is 0.889 bits per heavy atom. The first-order valence-electron chi connectivity index (χ1n) is 7.07. The third-order valence-corrected chi connectivity index (χ3v) is 4.38. The van der Waals surface area contributed by atoms with E-state index in [2.05, 4.69) is 81.5 Å². The Morgan fingerprint density at radius 3 is 1.83 bits per heavy atom. The van der Waals surface area contributed by atoms with Crippen LogP contribution in [-0.4, -0.2) is 0 Å². The first kappa shape index (κ1) is 16.0. The van der Waals surface area contributed by atoms with Crippen LogP contribution in [0.5, 0.6) is 0 Å². The minimum Gasteiger partial charge on any atom is -0.0743 e. The predicted molar refractivity (Wildman–Crippen MR) is 90.7 cm³/mol. The number of hydrogen-bond donors (Lipinski definition) is 0. The molecule has 0 nitrogen and oxygen atoms in total. The molecule has 102 valence electrons. The number of hydrogen-bond acceptors (Lipinski definition) is 0. The zero-order valence-electron chi connectivity index (χ0n) is 12.5. The smallest absolute Gasteiger partial charge is 0.0414 e. The Labute approximate surface area is 127 Å². The second kappa shape index (κ2) is 6.40. The number of alkyl halides is 1. The first-order valence-corrected chi connectivity index (χ1v) is 8.15. The number of benzene rings is 1. The van der Waals surface area contributed by atoms with E-state index in [1.807, 2.05) is 0 Å². The van der Waals surface area contributed by atoms with E-state index in [9.17, 15) is 0 Å². The average molecular weight is 358 g/mol. The summed E-state index contributed by atoms with van der Waals surface area (Å²) < 4.78 is 0.225. The van der Waals surface area contributed by atoms with Crippen molar-refractivity contribution in [3.8, 4) is 0 Å². The third-order valence-electron chi connectivity index (χ3n) is 3.76. The summed E-state index contributed by atoms with van der Waals surface area (Å²) >= 11 is 2.50. The molecule has 0 radical (unpaired) electrons. The van der Waals surface area contributed by atoms with Crippen LogP contribution in [0, 0.1) is 0 Å². The fourth-order valence-corrected chi connectivity index (χ4v) is 2.64. The van der Waals surface area contributed by atoms with Crippen LogP contribution in [0.4, 0.5) is 0 Å². The summed E-state index contributed by atoms with van der Waals surface area (Å²) in [5, 5.41) is 0. The van der Waals surface area contributed by atoms with E-state index in [-0.39, 0.29) is 3.42 Å². The molecule has 0 aliphatic rings. The van der Waals surface area contributed by atoms with E-state index < -0.39 is 0 Å². The molecule has 0 aliphatic heterocycles. The topological polar surface area (TPSA) is 0 Å². The van der Waals surface area contributed by atoms with Crippen molar-refractivity contribution in [2.24, 2.45) is 0 Å². The van der Waals surface area contributed by atoms with Gasteiger partial charge in [0.15, 0.2) is 0 Å². The van der Waals surface area contributed by atoms with Crippen LogP contribution in [0.2, 0.25) is 0 Å². The van der Waals surface area contributed by atoms with E-state index in [4.69, 9.17) is 0 Å². The Morgan fingerprint density at radius 2 is 1.39 bits per heavy atom. The van der Waals surface area contributed by atoms with Crippen molar-refractivity contribution in [1.82, 2.24) is 0 Å². The van der Waals surface area contributed by atoms with Crippen molar-refractivity contribution in [1.29, 1.82) is 0 Å². The summed E-state index contributed by atoms with van der Waals surface area (Å²) in [4.78, 5) is 0. The molecule has 0 spiro atoms. The van der Waals surface area contributed by atoms with Gasteiger partial charge in [-0.15, -0.1) is 0 Å². The summed E-state index contributed by atoms with van der Waals surface area (Å²) in [6, 6.07) is 9.23. The molecule has 0 bridgehead atoms. The molecule has 1 rings (SSSR count). The number of rotatable bonds is 6. The Hall–Kier alpha value is -0.0500. The highest BCUT2D eigenvalue weighted by atomic mass is 127. The van der Waals surface area contributed by atoms with Crippen molar-refractivity contribution in [3.63, 3.8) is 0 Å². The molecule has 0 N–H and O–H groups in total. The Bertz CT molecular complexity index is 354. The Balaban J connectivity index is 2.77. The molecule has 1 aromatic rings. The summed E-state index contributed by atoms with van der Waals surface area (Å²) in [5.74, 6) is 0. The molecule has 0 unspecified atom stereocenters.